The lowest BCUT2D eigenvalue weighted by molar-refractivity contribution is -0.112. The van der Waals surface area contributed by atoms with Gasteiger partial charge in [-0.2, -0.15) is 5.26 Å². The smallest absolute Gasteiger partial charge is 0.269 e. The molecular formula is C16H17N3O3S2. The van der Waals surface area contributed by atoms with E-state index in [1.54, 1.807) is 13.2 Å². The highest BCUT2D eigenvalue weighted by Crippen LogP contribution is 2.15. The third-order valence-electron chi connectivity index (χ3n) is 3.37. The first-order valence-corrected chi connectivity index (χ1v) is 8.87. The highest BCUT2D eigenvalue weighted by molar-refractivity contribution is 7.11. The van der Waals surface area contributed by atoms with Crippen molar-refractivity contribution in [2.75, 3.05) is 13.7 Å². The van der Waals surface area contributed by atoms with Gasteiger partial charge in [0.1, 0.15) is 10.7 Å². The number of nitriles is 1. The lowest BCUT2D eigenvalue weighted by atomic mass is 10.3. The Bertz CT molecular complexity index is 960. The quantitative estimate of drug-likeness (QED) is 0.747. The first kappa shape index (κ1) is 18.1. The van der Waals surface area contributed by atoms with Gasteiger partial charge >= 0.3 is 0 Å². The van der Waals surface area contributed by atoms with E-state index < -0.39 is 5.91 Å². The standard InChI is InChI=1S/C16H17N3O3S2/c1-10-4-7-23-12(10)8-13-15(21)19(5-3-6-22-2)16(24-13)11(9-17)14(18)20/h4,7-8H,3,5-6H2,1-2H3,(H2,18,20)/b13-8+,16-11-. The Morgan fingerprint density at radius 2 is 2.29 bits per heavy atom. The minimum Gasteiger partial charge on any atom is -0.385 e. The fraction of sp³-hybridized carbons (Fsp3) is 0.312. The summed E-state index contributed by atoms with van der Waals surface area (Å²) in [6, 6.07) is 3.78. The first-order chi connectivity index (χ1) is 11.5. The third-order valence-corrected chi connectivity index (χ3v) is 5.47. The normalized spacial score (nSPS) is 13.0. The molecule has 2 N–H and O–H groups in total. The van der Waals surface area contributed by atoms with Crippen LogP contribution in [-0.2, 0) is 16.1 Å². The largest absolute Gasteiger partial charge is 0.385 e. The van der Waals surface area contributed by atoms with Gasteiger partial charge in [0.15, 0.2) is 5.57 Å². The van der Waals surface area contributed by atoms with Crippen molar-refractivity contribution in [3.63, 3.8) is 0 Å². The van der Waals surface area contributed by atoms with Crippen molar-refractivity contribution >= 4 is 40.2 Å². The molecule has 0 aromatic carbocycles. The van der Waals surface area contributed by atoms with E-state index in [2.05, 4.69) is 0 Å². The molecule has 2 aromatic heterocycles. The average Bonchev–Trinajstić information content (AvgIpc) is 3.07. The fourth-order valence-corrected chi connectivity index (χ4v) is 4.18. The summed E-state index contributed by atoms with van der Waals surface area (Å²) in [5.74, 6) is -0.835. The lowest BCUT2D eigenvalue weighted by Gasteiger charge is -2.02. The van der Waals surface area contributed by atoms with Gasteiger partial charge in [0.25, 0.3) is 11.5 Å². The molecule has 0 aliphatic carbocycles. The zero-order chi connectivity index (χ0) is 17.7. The van der Waals surface area contributed by atoms with Crippen molar-refractivity contribution in [3.05, 3.63) is 41.4 Å². The van der Waals surface area contributed by atoms with Gasteiger partial charge in [0.2, 0.25) is 0 Å². The maximum Gasteiger partial charge on any atom is 0.269 e. The van der Waals surface area contributed by atoms with Gasteiger partial charge in [-0.3, -0.25) is 14.2 Å². The summed E-state index contributed by atoms with van der Waals surface area (Å²) in [5, 5.41) is 11.2. The molecule has 0 unspecified atom stereocenters. The van der Waals surface area contributed by atoms with E-state index in [1.807, 2.05) is 24.4 Å². The average molecular weight is 363 g/mol. The van der Waals surface area contributed by atoms with Crippen molar-refractivity contribution in [3.8, 4) is 6.07 Å². The van der Waals surface area contributed by atoms with E-state index >= 15 is 0 Å². The van der Waals surface area contributed by atoms with Crippen LogP contribution in [0, 0.1) is 18.3 Å². The summed E-state index contributed by atoms with van der Waals surface area (Å²) in [6.07, 6.45) is 2.38. The molecular weight excluding hydrogens is 346 g/mol. The number of methoxy groups -OCH3 is 1. The second-order valence-electron chi connectivity index (χ2n) is 5.04. The lowest BCUT2D eigenvalue weighted by Crippen LogP contribution is -2.34. The summed E-state index contributed by atoms with van der Waals surface area (Å²) in [4.78, 5) is 25.2. The minimum absolute atomic E-state index is 0.197. The summed E-state index contributed by atoms with van der Waals surface area (Å²) in [6.45, 7) is 2.79. The molecule has 0 fully saturated rings. The molecule has 8 heteroatoms. The Kier molecular flexibility index (Phi) is 6.09. The summed E-state index contributed by atoms with van der Waals surface area (Å²) >= 11 is 2.64. The molecule has 0 atom stereocenters. The van der Waals surface area contributed by atoms with E-state index in [-0.39, 0.29) is 11.1 Å². The topological polar surface area (TPSA) is 98.1 Å². The number of aryl methyl sites for hydroxylation is 1. The van der Waals surface area contributed by atoms with Crippen molar-refractivity contribution in [2.45, 2.75) is 19.9 Å². The third kappa shape index (κ3) is 3.82. The number of ether oxygens (including phenoxy) is 1. The van der Waals surface area contributed by atoms with Gasteiger partial charge in [-0.05, 0) is 36.4 Å². The Morgan fingerprint density at radius 3 is 2.83 bits per heavy atom. The van der Waals surface area contributed by atoms with E-state index in [0.29, 0.717) is 28.8 Å². The van der Waals surface area contributed by atoms with Crippen LogP contribution in [0.3, 0.4) is 0 Å². The summed E-state index contributed by atoms with van der Waals surface area (Å²) < 4.78 is 7.21. The number of rotatable bonds is 6. The fourth-order valence-electron chi connectivity index (χ4n) is 2.14. The van der Waals surface area contributed by atoms with Crippen LogP contribution in [0.15, 0.2) is 16.2 Å². The van der Waals surface area contributed by atoms with Gasteiger partial charge < -0.3 is 10.5 Å². The van der Waals surface area contributed by atoms with Gasteiger partial charge in [0, 0.05) is 25.1 Å². The van der Waals surface area contributed by atoms with Crippen LogP contribution in [-0.4, -0.2) is 24.2 Å². The molecule has 0 saturated heterocycles. The molecule has 6 nitrogen and oxygen atoms in total. The Hall–Kier alpha value is -2.21. The van der Waals surface area contributed by atoms with Crippen LogP contribution in [0.1, 0.15) is 16.9 Å². The van der Waals surface area contributed by atoms with Crippen molar-refractivity contribution in [1.29, 1.82) is 5.26 Å². The molecule has 2 heterocycles. The predicted molar refractivity (Wildman–Crippen MR) is 95.2 cm³/mol. The molecule has 0 saturated carbocycles. The van der Waals surface area contributed by atoms with Crippen LogP contribution in [0.4, 0.5) is 0 Å². The van der Waals surface area contributed by atoms with Crippen LogP contribution in [0.2, 0.25) is 0 Å². The summed E-state index contributed by atoms with van der Waals surface area (Å²) in [7, 11) is 1.58. The summed E-state index contributed by atoms with van der Waals surface area (Å²) in [5.41, 5.74) is 5.93. The molecule has 126 valence electrons. The van der Waals surface area contributed by atoms with Gasteiger partial charge in [0.05, 0.1) is 4.53 Å². The van der Waals surface area contributed by atoms with E-state index in [0.717, 1.165) is 21.8 Å². The molecule has 1 amide bonds. The zero-order valence-electron chi connectivity index (χ0n) is 13.4. The Balaban J connectivity index is 2.71. The van der Waals surface area contributed by atoms with E-state index in [4.69, 9.17) is 10.5 Å². The number of hydrogen-bond acceptors (Lipinski definition) is 6. The van der Waals surface area contributed by atoms with E-state index in [9.17, 15) is 14.9 Å². The number of carbonyl (C=O) groups excluding carboxylic acids is 1. The second-order valence-corrected chi connectivity index (χ2v) is 7.02. The highest BCUT2D eigenvalue weighted by atomic mass is 32.1. The van der Waals surface area contributed by atoms with Gasteiger partial charge in [-0.1, -0.05) is 0 Å². The number of hydrogen-bond donors (Lipinski definition) is 1. The SMILES string of the molecule is COCCCn1c(=O)/c(=C\c2sccc2C)s/c1=C(/C#N)C(N)=O. The Morgan fingerprint density at radius 1 is 1.54 bits per heavy atom. The van der Waals surface area contributed by atoms with Crippen molar-refractivity contribution in [1.82, 2.24) is 4.57 Å². The maximum absolute atomic E-state index is 12.7. The molecule has 2 aromatic rings. The minimum atomic E-state index is -0.835. The number of primary amides is 1. The second kappa shape index (κ2) is 8.06. The molecule has 24 heavy (non-hydrogen) atoms. The van der Waals surface area contributed by atoms with Crippen molar-refractivity contribution < 1.29 is 9.53 Å². The predicted octanol–water partition coefficient (Wildman–Crippen LogP) is 0.305. The van der Waals surface area contributed by atoms with Gasteiger partial charge in [-0.25, -0.2) is 0 Å². The van der Waals surface area contributed by atoms with Crippen LogP contribution < -0.4 is 20.5 Å². The molecule has 0 aliphatic heterocycles. The maximum atomic E-state index is 12.7. The number of nitrogens with two attached hydrogens (primary N) is 1. The van der Waals surface area contributed by atoms with Crippen LogP contribution >= 0.6 is 22.7 Å². The van der Waals surface area contributed by atoms with E-state index in [1.165, 1.54) is 15.9 Å². The molecule has 0 bridgehead atoms. The number of carbonyl (C=O) groups is 1. The highest BCUT2D eigenvalue weighted by Gasteiger charge is 2.13. The number of thiazole rings is 1. The van der Waals surface area contributed by atoms with Crippen molar-refractivity contribution in [2.24, 2.45) is 5.73 Å². The Labute approximate surface area is 146 Å². The van der Waals surface area contributed by atoms with Crippen LogP contribution in [0.5, 0.6) is 0 Å². The van der Waals surface area contributed by atoms with Gasteiger partial charge in [-0.15, -0.1) is 22.7 Å². The molecule has 0 radical (unpaired) electrons. The van der Waals surface area contributed by atoms with Crippen LogP contribution in [0.25, 0.3) is 11.6 Å². The number of aromatic nitrogens is 1. The number of amides is 1. The number of nitrogens with zero attached hydrogens (tertiary/aromatic N) is 2. The molecule has 0 spiro atoms. The monoisotopic (exact) mass is 363 g/mol. The first-order valence-electron chi connectivity index (χ1n) is 7.18. The number of thiophene rings is 1. The molecule has 0 aliphatic rings. The molecule has 2 rings (SSSR count). The zero-order valence-corrected chi connectivity index (χ0v) is 15.0.